The molecule has 6 heteroatoms. The number of amides is 2. The number of hydrogen-bond acceptors (Lipinski definition) is 4. The van der Waals surface area contributed by atoms with Gasteiger partial charge in [-0.25, -0.2) is 0 Å². The highest BCUT2D eigenvalue weighted by molar-refractivity contribution is 8.14. The van der Waals surface area contributed by atoms with E-state index in [1.165, 1.54) is 25.6 Å². The Morgan fingerprint density at radius 3 is 2.15 bits per heavy atom. The van der Waals surface area contributed by atoms with Gasteiger partial charge in [0.15, 0.2) is 0 Å². The standard InChI is InChI=1S/C14H24N2O3S/c1-6-13(16-11(5)18)12(7-15-10(4)17)8-20-14(19)9(2)3/h12-13H,2,6-8H2,1,3-5H3,(H,15,17)(H,16,18). The molecule has 0 bridgehead atoms. The third kappa shape index (κ3) is 7.99. The second kappa shape index (κ2) is 9.58. The first-order valence-corrected chi connectivity index (χ1v) is 7.60. The summed E-state index contributed by atoms with van der Waals surface area (Å²) < 4.78 is 0. The minimum Gasteiger partial charge on any atom is -0.356 e. The summed E-state index contributed by atoms with van der Waals surface area (Å²) in [5, 5.41) is 5.56. The summed E-state index contributed by atoms with van der Waals surface area (Å²) in [6.45, 7) is 10.6. The Kier molecular flexibility index (Phi) is 8.96. The van der Waals surface area contributed by atoms with Crippen LogP contribution < -0.4 is 10.6 Å². The zero-order valence-electron chi connectivity index (χ0n) is 12.6. The first kappa shape index (κ1) is 18.7. The molecule has 2 N–H and O–H groups in total. The monoisotopic (exact) mass is 300 g/mol. The molecule has 2 atom stereocenters. The van der Waals surface area contributed by atoms with Crippen molar-refractivity contribution in [3.8, 4) is 0 Å². The SMILES string of the molecule is C=C(C)C(=O)SCC(CNC(C)=O)C(CC)NC(C)=O. The number of rotatable bonds is 8. The molecule has 0 radical (unpaired) electrons. The molecule has 0 heterocycles. The van der Waals surface area contributed by atoms with Crippen molar-refractivity contribution in [1.82, 2.24) is 10.6 Å². The maximum absolute atomic E-state index is 11.6. The van der Waals surface area contributed by atoms with Crippen LogP contribution in [0.4, 0.5) is 0 Å². The van der Waals surface area contributed by atoms with Gasteiger partial charge in [-0.15, -0.1) is 0 Å². The van der Waals surface area contributed by atoms with Crippen LogP contribution >= 0.6 is 11.8 Å². The topological polar surface area (TPSA) is 75.3 Å². The Balaban J connectivity index is 4.67. The van der Waals surface area contributed by atoms with E-state index in [0.717, 1.165) is 6.42 Å². The van der Waals surface area contributed by atoms with Crippen molar-refractivity contribution < 1.29 is 14.4 Å². The zero-order chi connectivity index (χ0) is 15.7. The summed E-state index contributed by atoms with van der Waals surface area (Å²) in [7, 11) is 0. The van der Waals surface area contributed by atoms with Gasteiger partial charge in [0.2, 0.25) is 16.9 Å². The zero-order valence-corrected chi connectivity index (χ0v) is 13.4. The molecule has 0 saturated carbocycles. The van der Waals surface area contributed by atoms with E-state index in [1.807, 2.05) is 6.92 Å². The molecule has 0 aliphatic rings. The second-order valence-corrected chi connectivity index (χ2v) is 5.78. The summed E-state index contributed by atoms with van der Waals surface area (Å²) in [5.74, 6) is 0.302. The van der Waals surface area contributed by atoms with Crippen molar-refractivity contribution in [1.29, 1.82) is 0 Å². The van der Waals surface area contributed by atoms with Gasteiger partial charge in [-0.3, -0.25) is 14.4 Å². The predicted molar refractivity (Wildman–Crippen MR) is 82.3 cm³/mol. The van der Waals surface area contributed by atoms with E-state index >= 15 is 0 Å². The first-order valence-electron chi connectivity index (χ1n) is 6.62. The lowest BCUT2D eigenvalue weighted by Gasteiger charge is -2.26. The van der Waals surface area contributed by atoms with Crippen molar-refractivity contribution in [2.45, 2.75) is 40.2 Å². The van der Waals surface area contributed by atoms with Gasteiger partial charge >= 0.3 is 0 Å². The maximum Gasteiger partial charge on any atom is 0.217 e. The fourth-order valence-corrected chi connectivity index (χ4v) is 2.67. The van der Waals surface area contributed by atoms with Crippen molar-refractivity contribution in [2.75, 3.05) is 12.3 Å². The van der Waals surface area contributed by atoms with Gasteiger partial charge in [-0.2, -0.15) is 0 Å². The fourth-order valence-electron chi connectivity index (χ4n) is 1.71. The smallest absolute Gasteiger partial charge is 0.217 e. The van der Waals surface area contributed by atoms with Gasteiger partial charge < -0.3 is 10.6 Å². The highest BCUT2D eigenvalue weighted by Gasteiger charge is 2.22. The normalized spacial score (nSPS) is 13.2. The summed E-state index contributed by atoms with van der Waals surface area (Å²) in [4.78, 5) is 33.9. The summed E-state index contributed by atoms with van der Waals surface area (Å²) in [5.41, 5.74) is 0.501. The van der Waals surface area contributed by atoms with Crippen LogP contribution in [0.3, 0.4) is 0 Å². The molecule has 0 aliphatic heterocycles. The summed E-state index contributed by atoms with van der Waals surface area (Å²) >= 11 is 1.17. The lowest BCUT2D eigenvalue weighted by atomic mass is 9.99. The van der Waals surface area contributed by atoms with E-state index in [9.17, 15) is 14.4 Å². The van der Waals surface area contributed by atoms with Crippen LogP contribution in [0.5, 0.6) is 0 Å². The van der Waals surface area contributed by atoms with Gasteiger partial charge in [0.05, 0.1) is 0 Å². The fraction of sp³-hybridized carbons (Fsp3) is 0.643. The van der Waals surface area contributed by atoms with Crippen LogP contribution in [-0.4, -0.2) is 35.3 Å². The van der Waals surface area contributed by atoms with E-state index in [2.05, 4.69) is 17.2 Å². The molecule has 0 aromatic carbocycles. The highest BCUT2D eigenvalue weighted by Crippen LogP contribution is 2.17. The van der Waals surface area contributed by atoms with Gasteiger partial charge in [0.1, 0.15) is 0 Å². The van der Waals surface area contributed by atoms with Crippen LogP contribution in [0, 0.1) is 5.92 Å². The molecule has 0 saturated heterocycles. The van der Waals surface area contributed by atoms with Crippen LogP contribution in [-0.2, 0) is 14.4 Å². The number of thioether (sulfide) groups is 1. The number of nitrogens with one attached hydrogen (secondary N) is 2. The van der Waals surface area contributed by atoms with Crippen LogP contribution in [0.2, 0.25) is 0 Å². The third-order valence-corrected chi connectivity index (χ3v) is 3.99. The number of carbonyl (C=O) groups is 3. The molecule has 20 heavy (non-hydrogen) atoms. The molecule has 5 nitrogen and oxygen atoms in total. The molecule has 114 valence electrons. The third-order valence-electron chi connectivity index (χ3n) is 2.79. The largest absolute Gasteiger partial charge is 0.356 e. The first-order chi connectivity index (χ1) is 9.27. The van der Waals surface area contributed by atoms with Crippen molar-refractivity contribution in [3.05, 3.63) is 12.2 Å². The molecular formula is C14H24N2O3S. The van der Waals surface area contributed by atoms with Crippen molar-refractivity contribution in [3.63, 3.8) is 0 Å². The van der Waals surface area contributed by atoms with E-state index < -0.39 is 0 Å². The number of hydrogen-bond donors (Lipinski definition) is 2. The Labute approximate surface area is 125 Å². The van der Waals surface area contributed by atoms with E-state index in [0.29, 0.717) is 17.9 Å². The van der Waals surface area contributed by atoms with Crippen molar-refractivity contribution in [2.24, 2.45) is 5.92 Å². The lowest BCUT2D eigenvalue weighted by Crippen LogP contribution is -2.44. The van der Waals surface area contributed by atoms with Gasteiger partial charge in [-0.05, 0) is 18.9 Å². The number of carbonyl (C=O) groups excluding carboxylic acids is 3. The average molecular weight is 300 g/mol. The minimum absolute atomic E-state index is 0.00102. The van der Waals surface area contributed by atoms with Crippen molar-refractivity contribution >= 4 is 28.7 Å². The van der Waals surface area contributed by atoms with Gasteiger partial charge in [-0.1, -0.05) is 25.3 Å². The minimum atomic E-state index is -0.121. The molecule has 0 aromatic heterocycles. The molecular weight excluding hydrogens is 276 g/mol. The second-order valence-electron chi connectivity index (χ2n) is 4.79. The Morgan fingerprint density at radius 2 is 1.75 bits per heavy atom. The average Bonchev–Trinajstić information content (AvgIpc) is 2.35. The quantitative estimate of drug-likeness (QED) is 0.666. The Hall–Kier alpha value is -1.30. The molecule has 0 spiro atoms. The van der Waals surface area contributed by atoms with Gasteiger partial charge in [0.25, 0.3) is 0 Å². The molecule has 0 rings (SSSR count). The molecule has 2 unspecified atom stereocenters. The summed E-state index contributed by atoms with van der Waals surface area (Å²) in [6, 6.07) is -0.0650. The predicted octanol–water partition coefficient (Wildman–Crippen LogP) is 1.49. The van der Waals surface area contributed by atoms with Crippen LogP contribution in [0.1, 0.15) is 34.1 Å². The Morgan fingerprint density at radius 1 is 1.15 bits per heavy atom. The Bertz CT molecular complexity index is 383. The molecule has 0 aromatic rings. The maximum atomic E-state index is 11.6. The van der Waals surface area contributed by atoms with Crippen LogP contribution in [0.25, 0.3) is 0 Å². The molecule has 0 fully saturated rings. The van der Waals surface area contributed by atoms with Gasteiger partial charge in [0, 0.05) is 38.1 Å². The van der Waals surface area contributed by atoms with E-state index in [4.69, 9.17) is 0 Å². The molecule has 0 aliphatic carbocycles. The lowest BCUT2D eigenvalue weighted by molar-refractivity contribution is -0.120. The van der Waals surface area contributed by atoms with E-state index in [1.54, 1.807) is 6.92 Å². The highest BCUT2D eigenvalue weighted by atomic mass is 32.2. The summed E-state index contributed by atoms with van der Waals surface area (Å²) in [6.07, 6.45) is 0.742. The van der Waals surface area contributed by atoms with E-state index in [-0.39, 0.29) is 28.9 Å². The van der Waals surface area contributed by atoms with Crippen LogP contribution in [0.15, 0.2) is 12.2 Å². The molecule has 2 amide bonds.